The minimum Gasteiger partial charge on any atom is -0.497 e. The van der Waals surface area contributed by atoms with Gasteiger partial charge in [0.1, 0.15) is 35.9 Å². The van der Waals surface area contributed by atoms with E-state index >= 15 is 0 Å². The Morgan fingerprint density at radius 1 is 1.21 bits per heavy atom. The number of aromatic nitrogens is 4. The highest BCUT2D eigenvalue weighted by atomic mass is 16.6. The number of rotatable bonds is 6. The average Bonchev–Trinajstić information content (AvgIpc) is 3.28. The summed E-state index contributed by atoms with van der Waals surface area (Å²) in [6, 6.07) is 7.41. The van der Waals surface area contributed by atoms with Crippen LogP contribution >= 0.6 is 0 Å². The number of hydrogen-bond donors (Lipinski definition) is 3. The monoisotopic (exact) mass is 387 g/mol. The second-order valence-electron chi connectivity index (χ2n) is 6.44. The lowest BCUT2D eigenvalue weighted by Gasteiger charge is -2.22. The number of methoxy groups -OCH3 is 1. The van der Waals surface area contributed by atoms with Crippen LogP contribution in [0.4, 0.5) is 5.82 Å². The predicted octanol–water partition coefficient (Wildman–Crippen LogP) is 0.253. The third kappa shape index (κ3) is 3.27. The molecule has 2 aromatic heterocycles. The molecule has 28 heavy (non-hydrogen) atoms. The number of aliphatic hydroxyl groups is 2. The van der Waals surface area contributed by atoms with Gasteiger partial charge in [-0.3, -0.25) is 4.57 Å². The average molecular weight is 387 g/mol. The van der Waals surface area contributed by atoms with Gasteiger partial charge in [0.15, 0.2) is 17.7 Å². The number of hydrogen-bond acceptors (Lipinski definition) is 9. The van der Waals surface area contributed by atoms with E-state index in [4.69, 9.17) is 19.9 Å². The Balaban J connectivity index is 1.59. The van der Waals surface area contributed by atoms with Gasteiger partial charge in [-0.2, -0.15) is 0 Å². The highest BCUT2D eigenvalue weighted by molar-refractivity contribution is 5.81. The lowest BCUT2D eigenvalue weighted by molar-refractivity contribution is -0.0761. The molecule has 1 aliphatic heterocycles. The fraction of sp³-hybridized carbons (Fsp3) is 0.389. The Hall–Kier alpha value is -2.79. The summed E-state index contributed by atoms with van der Waals surface area (Å²) < 4.78 is 18.6. The van der Waals surface area contributed by atoms with E-state index in [1.807, 2.05) is 24.3 Å². The maximum absolute atomic E-state index is 10.6. The van der Waals surface area contributed by atoms with Gasteiger partial charge in [-0.15, -0.1) is 0 Å². The summed E-state index contributed by atoms with van der Waals surface area (Å²) in [7, 11) is 1.60. The Labute approximate surface area is 160 Å². The molecule has 0 saturated carbocycles. The Bertz CT molecular complexity index is 947. The number of nitrogen functional groups attached to an aromatic ring is 1. The topological polar surface area (TPSA) is 138 Å². The van der Waals surface area contributed by atoms with Gasteiger partial charge in [0.05, 0.1) is 26.7 Å². The first-order valence-electron chi connectivity index (χ1n) is 8.74. The van der Waals surface area contributed by atoms with E-state index in [2.05, 4.69) is 15.0 Å². The van der Waals surface area contributed by atoms with Crippen molar-refractivity contribution in [1.82, 2.24) is 19.5 Å². The Kier molecular flexibility index (Phi) is 5.09. The van der Waals surface area contributed by atoms with Crippen LogP contribution in [-0.2, 0) is 16.1 Å². The van der Waals surface area contributed by atoms with Crippen LogP contribution < -0.4 is 10.5 Å². The van der Waals surface area contributed by atoms with Crippen molar-refractivity contribution in [1.29, 1.82) is 0 Å². The van der Waals surface area contributed by atoms with Crippen LogP contribution in [0.25, 0.3) is 11.2 Å². The normalized spacial score (nSPS) is 24.7. The van der Waals surface area contributed by atoms with Crippen molar-refractivity contribution in [3.63, 3.8) is 0 Å². The molecule has 10 nitrogen and oxygen atoms in total. The summed E-state index contributed by atoms with van der Waals surface area (Å²) in [5, 5.41) is 20.1. The van der Waals surface area contributed by atoms with Gasteiger partial charge in [-0.1, -0.05) is 12.1 Å². The summed E-state index contributed by atoms with van der Waals surface area (Å²) in [5.41, 5.74) is 7.64. The molecule has 4 rings (SSSR count). The molecule has 0 radical (unpaired) electrons. The van der Waals surface area contributed by atoms with Crippen molar-refractivity contribution in [2.24, 2.45) is 0 Å². The highest BCUT2D eigenvalue weighted by Gasteiger charge is 2.45. The van der Waals surface area contributed by atoms with Crippen molar-refractivity contribution >= 4 is 17.0 Å². The third-order valence-corrected chi connectivity index (χ3v) is 4.76. The number of nitrogens with zero attached hydrogens (tertiary/aromatic N) is 4. The van der Waals surface area contributed by atoms with Crippen molar-refractivity contribution in [2.45, 2.75) is 31.1 Å². The largest absolute Gasteiger partial charge is 0.497 e. The van der Waals surface area contributed by atoms with Gasteiger partial charge in [-0.25, -0.2) is 15.0 Å². The van der Waals surface area contributed by atoms with E-state index in [0.29, 0.717) is 11.2 Å². The van der Waals surface area contributed by atoms with E-state index in [-0.39, 0.29) is 19.0 Å². The van der Waals surface area contributed by atoms with E-state index in [9.17, 15) is 10.2 Å². The van der Waals surface area contributed by atoms with Crippen LogP contribution in [0.1, 0.15) is 11.8 Å². The smallest absolute Gasteiger partial charge is 0.167 e. The second-order valence-corrected chi connectivity index (χ2v) is 6.44. The predicted molar refractivity (Wildman–Crippen MR) is 98.3 cm³/mol. The van der Waals surface area contributed by atoms with Crippen molar-refractivity contribution in [3.05, 3.63) is 42.5 Å². The van der Waals surface area contributed by atoms with Crippen molar-refractivity contribution in [3.8, 4) is 5.75 Å². The molecule has 3 heterocycles. The molecule has 0 bridgehead atoms. The van der Waals surface area contributed by atoms with Crippen LogP contribution in [-0.4, -0.2) is 61.8 Å². The minimum atomic E-state index is -1.02. The molecule has 1 saturated heterocycles. The molecular formula is C18H21N5O5. The maximum atomic E-state index is 10.6. The number of nitrogens with two attached hydrogens (primary N) is 1. The van der Waals surface area contributed by atoms with Gasteiger partial charge in [-0.05, 0) is 17.7 Å². The van der Waals surface area contributed by atoms with Crippen LogP contribution in [0.5, 0.6) is 5.75 Å². The van der Waals surface area contributed by atoms with E-state index < -0.39 is 24.5 Å². The molecule has 0 aliphatic carbocycles. The summed E-state index contributed by atoms with van der Waals surface area (Å²) in [6.45, 7) is -0.0999. The molecule has 4 atom stereocenters. The molecule has 0 spiro atoms. The molecule has 1 aromatic carbocycles. The van der Waals surface area contributed by atoms with Gasteiger partial charge >= 0.3 is 0 Å². The number of anilines is 1. The second kappa shape index (κ2) is 7.68. The fourth-order valence-corrected chi connectivity index (χ4v) is 3.24. The van der Waals surface area contributed by atoms with Crippen molar-refractivity contribution < 1.29 is 24.4 Å². The number of aliphatic hydroxyl groups excluding tert-OH is 2. The summed E-state index contributed by atoms with van der Waals surface area (Å²) in [4.78, 5) is 12.4. The van der Waals surface area contributed by atoms with Crippen LogP contribution in [0, 0.1) is 0 Å². The van der Waals surface area contributed by atoms with Crippen LogP contribution in [0.15, 0.2) is 36.9 Å². The third-order valence-electron chi connectivity index (χ3n) is 4.76. The van der Waals surface area contributed by atoms with Gasteiger partial charge in [0.25, 0.3) is 0 Å². The van der Waals surface area contributed by atoms with E-state index in [0.717, 1.165) is 11.3 Å². The molecule has 148 valence electrons. The van der Waals surface area contributed by atoms with Crippen molar-refractivity contribution in [2.75, 3.05) is 19.5 Å². The molecule has 3 aromatic rings. The van der Waals surface area contributed by atoms with Crippen LogP contribution in [0.3, 0.4) is 0 Å². The molecule has 0 amide bonds. The highest BCUT2D eigenvalue weighted by Crippen LogP contribution is 2.34. The number of benzene rings is 1. The fourth-order valence-electron chi connectivity index (χ4n) is 3.24. The maximum Gasteiger partial charge on any atom is 0.167 e. The first kappa shape index (κ1) is 18.6. The number of ether oxygens (including phenoxy) is 3. The molecule has 1 fully saturated rings. The number of imidazole rings is 1. The Morgan fingerprint density at radius 2 is 2.00 bits per heavy atom. The van der Waals surface area contributed by atoms with E-state index in [1.54, 1.807) is 11.7 Å². The van der Waals surface area contributed by atoms with Gasteiger partial charge in [0.2, 0.25) is 0 Å². The lowest BCUT2D eigenvalue weighted by atomic mass is 10.1. The Morgan fingerprint density at radius 3 is 2.71 bits per heavy atom. The standard InChI is InChI=1S/C18H21N5O5/c1-26-11-4-2-10(3-5-11)7-27-15-14(25)12(6-24)28-18(15)23-9-22-13-16(19)20-8-21-17(13)23/h2-5,8-9,12,14-15,18,24-25H,6-7H2,1H3,(H2,19,20,21)/t12-,14?,15+,18-/m1/s1. The van der Waals surface area contributed by atoms with Gasteiger partial charge in [0, 0.05) is 0 Å². The summed E-state index contributed by atoms with van der Waals surface area (Å²) in [5.74, 6) is 0.991. The molecular weight excluding hydrogens is 366 g/mol. The molecule has 1 aliphatic rings. The van der Waals surface area contributed by atoms with E-state index in [1.165, 1.54) is 12.7 Å². The zero-order chi connectivity index (χ0) is 19.7. The van der Waals surface area contributed by atoms with Gasteiger partial charge < -0.3 is 30.2 Å². The first-order valence-corrected chi connectivity index (χ1v) is 8.74. The first-order chi connectivity index (χ1) is 13.6. The lowest BCUT2D eigenvalue weighted by Crippen LogP contribution is -2.35. The zero-order valence-electron chi connectivity index (χ0n) is 15.2. The zero-order valence-corrected chi connectivity index (χ0v) is 15.2. The van der Waals surface area contributed by atoms with Crippen LogP contribution in [0.2, 0.25) is 0 Å². The summed E-state index contributed by atoms with van der Waals surface area (Å²) >= 11 is 0. The minimum absolute atomic E-state index is 0.244. The summed E-state index contributed by atoms with van der Waals surface area (Å²) in [6.07, 6.45) is -0.445. The molecule has 10 heteroatoms. The SMILES string of the molecule is COc1ccc(CO[C@H]2C(O)[C@@H](CO)O[C@H]2n2cnc3c(N)ncnc32)cc1. The molecule has 4 N–H and O–H groups in total. The quantitative estimate of drug-likeness (QED) is 0.543. The molecule has 1 unspecified atom stereocenters. The number of fused-ring (bicyclic) bond motifs is 1.